The van der Waals surface area contributed by atoms with Gasteiger partial charge in [0.25, 0.3) is 0 Å². The van der Waals surface area contributed by atoms with E-state index in [1.165, 1.54) is 6.20 Å². The van der Waals surface area contributed by atoms with E-state index in [0.717, 1.165) is 11.0 Å². The summed E-state index contributed by atoms with van der Waals surface area (Å²) in [5, 5.41) is 12.5. The molecule has 84 valence electrons. The Hall–Kier alpha value is -2.63. The first-order valence-corrected chi connectivity index (χ1v) is 4.87. The number of fused-ring (bicyclic) bond motifs is 1. The van der Waals surface area contributed by atoms with Gasteiger partial charge in [-0.25, -0.2) is 9.78 Å². The van der Waals surface area contributed by atoms with E-state index < -0.39 is 5.97 Å². The first kappa shape index (κ1) is 9.59. The Morgan fingerprint density at radius 2 is 2.29 bits per heavy atom. The van der Waals surface area contributed by atoms with Gasteiger partial charge in [-0.3, -0.25) is 0 Å². The minimum Gasteiger partial charge on any atom is -0.477 e. The molecule has 0 radical (unpaired) electrons. The van der Waals surface area contributed by atoms with Crippen LogP contribution >= 0.6 is 0 Å². The molecule has 0 saturated heterocycles. The zero-order valence-electron chi connectivity index (χ0n) is 8.54. The number of benzene rings is 1. The van der Waals surface area contributed by atoms with Crippen molar-refractivity contribution in [3.05, 3.63) is 36.3 Å². The maximum Gasteiger partial charge on any atom is 0.341 e. The summed E-state index contributed by atoms with van der Waals surface area (Å²) < 4.78 is 4.97. The third-order valence-electron chi connectivity index (χ3n) is 2.48. The molecule has 0 aliphatic heterocycles. The number of carboxylic acid groups (broad SMARTS) is 1. The van der Waals surface area contributed by atoms with Gasteiger partial charge < -0.3 is 14.6 Å². The van der Waals surface area contributed by atoms with Gasteiger partial charge in [-0.1, -0.05) is 5.16 Å². The topological polar surface area (TPSA) is 92.0 Å². The molecule has 0 amide bonds. The Bertz CT molecular complexity index is 699. The highest BCUT2D eigenvalue weighted by molar-refractivity contribution is 5.95. The number of aromatic amines is 1. The van der Waals surface area contributed by atoms with E-state index in [0.29, 0.717) is 5.56 Å². The molecule has 0 atom stereocenters. The quantitative estimate of drug-likeness (QED) is 0.700. The van der Waals surface area contributed by atoms with Gasteiger partial charge in [0.2, 0.25) is 0 Å². The Morgan fingerprint density at radius 3 is 3.12 bits per heavy atom. The maximum absolute atomic E-state index is 10.9. The molecule has 0 aliphatic carbocycles. The molecule has 0 fully saturated rings. The summed E-state index contributed by atoms with van der Waals surface area (Å²) in [5.74, 6) is -0.819. The molecular weight excluding hydrogens is 222 g/mol. The molecule has 2 N–H and O–H groups in total. The monoisotopic (exact) mass is 229 g/mol. The summed E-state index contributed by atoms with van der Waals surface area (Å²) in [7, 11) is 0. The zero-order chi connectivity index (χ0) is 11.8. The molecule has 1 aromatic carbocycles. The lowest BCUT2D eigenvalue weighted by atomic mass is 10.1. The lowest BCUT2D eigenvalue weighted by Gasteiger charge is -1.97. The van der Waals surface area contributed by atoms with Gasteiger partial charge in [0.05, 0.1) is 23.6 Å². The van der Waals surface area contributed by atoms with Gasteiger partial charge in [-0.2, -0.15) is 0 Å². The molecule has 0 bridgehead atoms. The minimum absolute atomic E-state index is 0.0452. The first-order valence-electron chi connectivity index (χ1n) is 4.87. The molecule has 3 rings (SSSR count). The van der Waals surface area contributed by atoms with Crippen molar-refractivity contribution >= 4 is 17.0 Å². The number of hydrogen-bond acceptors (Lipinski definition) is 4. The van der Waals surface area contributed by atoms with Crippen LogP contribution in [0.3, 0.4) is 0 Å². The predicted octanol–water partition coefficient (Wildman–Crippen LogP) is 1.92. The minimum atomic E-state index is -1.06. The molecule has 0 aliphatic rings. The van der Waals surface area contributed by atoms with Gasteiger partial charge >= 0.3 is 5.97 Å². The molecule has 17 heavy (non-hydrogen) atoms. The van der Waals surface area contributed by atoms with Crippen molar-refractivity contribution in [1.29, 1.82) is 0 Å². The number of rotatable bonds is 2. The number of nitrogens with one attached hydrogen (secondary N) is 1. The Kier molecular flexibility index (Phi) is 1.94. The van der Waals surface area contributed by atoms with E-state index in [2.05, 4.69) is 15.1 Å². The van der Waals surface area contributed by atoms with E-state index in [4.69, 9.17) is 9.63 Å². The van der Waals surface area contributed by atoms with Crippen molar-refractivity contribution in [1.82, 2.24) is 15.1 Å². The highest BCUT2D eigenvalue weighted by Gasteiger charge is 2.17. The summed E-state index contributed by atoms with van der Waals surface area (Å²) in [4.78, 5) is 18.0. The van der Waals surface area contributed by atoms with Crippen LogP contribution in [-0.4, -0.2) is 26.2 Å². The fourth-order valence-corrected chi connectivity index (χ4v) is 1.68. The second-order valence-electron chi connectivity index (χ2n) is 3.51. The van der Waals surface area contributed by atoms with Gasteiger partial charge in [-0.15, -0.1) is 0 Å². The van der Waals surface area contributed by atoms with Crippen LogP contribution in [-0.2, 0) is 0 Å². The molecular formula is C11H7N3O3. The van der Waals surface area contributed by atoms with Crippen LogP contribution in [0.25, 0.3) is 22.4 Å². The number of carboxylic acids is 1. The predicted molar refractivity (Wildman–Crippen MR) is 58.6 cm³/mol. The average molecular weight is 229 g/mol. The van der Waals surface area contributed by atoms with Crippen LogP contribution in [0.1, 0.15) is 10.4 Å². The highest BCUT2D eigenvalue weighted by atomic mass is 16.5. The maximum atomic E-state index is 10.9. The zero-order valence-corrected chi connectivity index (χ0v) is 8.54. The van der Waals surface area contributed by atoms with Crippen molar-refractivity contribution in [2.24, 2.45) is 0 Å². The summed E-state index contributed by atoms with van der Waals surface area (Å²) in [5.41, 5.74) is 2.32. The van der Waals surface area contributed by atoms with E-state index in [1.54, 1.807) is 24.5 Å². The van der Waals surface area contributed by atoms with Crippen LogP contribution in [0.5, 0.6) is 0 Å². The summed E-state index contributed by atoms with van der Waals surface area (Å²) >= 11 is 0. The van der Waals surface area contributed by atoms with Crippen molar-refractivity contribution < 1.29 is 14.4 Å². The number of aromatic nitrogens is 3. The standard InChI is InChI=1S/C11H7N3O3/c15-11(16)7-4-14-17-10(7)6-1-2-8-9(3-6)13-5-12-8/h1-5H,(H,12,13)(H,15,16). The lowest BCUT2D eigenvalue weighted by Crippen LogP contribution is -1.95. The number of H-pyrrole nitrogens is 1. The normalized spacial score (nSPS) is 10.8. The number of nitrogens with zero attached hydrogens (tertiary/aromatic N) is 2. The van der Waals surface area contributed by atoms with Crippen molar-refractivity contribution in [2.45, 2.75) is 0 Å². The SMILES string of the molecule is O=C(O)c1cnoc1-c1ccc2nc[nH]c2c1. The van der Waals surface area contributed by atoms with Crippen LogP contribution in [0.2, 0.25) is 0 Å². The van der Waals surface area contributed by atoms with Crippen LogP contribution in [0.4, 0.5) is 0 Å². The summed E-state index contributed by atoms with van der Waals surface area (Å²) in [6, 6.07) is 5.31. The molecule has 6 heteroatoms. The lowest BCUT2D eigenvalue weighted by molar-refractivity contribution is 0.0697. The van der Waals surface area contributed by atoms with Crippen LogP contribution in [0, 0.1) is 0 Å². The second-order valence-corrected chi connectivity index (χ2v) is 3.51. The molecule has 3 aromatic rings. The van der Waals surface area contributed by atoms with Crippen LogP contribution in [0.15, 0.2) is 35.2 Å². The fourth-order valence-electron chi connectivity index (χ4n) is 1.68. The molecule has 0 spiro atoms. The number of carbonyl (C=O) groups is 1. The Morgan fingerprint density at radius 1 is 1.41 bits per heavy atom. The van der Waals surface area contributed by atoms with E-state index >= 15 is 0 Å². The van der Waals surface area contributed by atoms with Crippen molar-refractivity contribution in [3.63, 3.8) is 0 Å². The summed E-state index contributed by atoms with van der Waals surface area (Å²) in [6.07, 6.45) is 2.77. The smallest absolute Gasteiger partial charge is 0.341 e. The Balaban J connectivity index is 2.19. The number of hydrogen-bond donors (Lipinski definition) is 2. The van der Waals surface area contributed by atoms with Crippen molar-refractivity contribution in [3.8, 4) is 11.3 Å². The molecule has 2 heterocycles. The van der Waals surface area contributed by atoms with E-state index in [-0.39, 0.29) is 11.3 Å². The Labute approximate surface area is 94.9 Å². The number of aromatic carboxylic acids is 1. The summed E-state index contributed by atoms with van der Waals surface area (Å²) in [6.45, 7) is 0. The van der Waals surface area contributed by atoms with Gasteiger partial charge in [0.15, 0.2) is 5.76 Å². The highest BCUT2D eigenvalue weighted by Crippen LogP contribution is 2.25. The first-order chi connectivity index (χ1) is 8.25. The average Bonchev–Trinajstić information content (AvgIpc) is 2.96. The third kappa shape index (κ3) is 1.46. The number of imidazole rings is 1. The third-order valence-corrected chi connectivity index (χ3v) is 2.48. The fraction of sp³-hybridized carbons (Fsp3) is 0. The second kappa shape index (κ2) is 3.44. The largest absolute Gasteiger partial charge is 0.477 e. The van der Waals surface area contributed by atoms with Gasteiger partial charge in [0.1, 0.15) is 5.56 Å². The van der Waals surface area contributed by atoms with E-state index in [1.807, 2.05) is 0 Å². The van der Waals surface area contributed by atoms with Gasteiger partial charge in [-0.05, 0) is 18.2 Å². The molecule has 2 aromatic heterocycles. The van der Waals surface area contributed by atoms with Crippen LogP contribution < -0.4 is 0 Å². The molecule has 0 saturated carbocycles. The van der Waals surface area contributed by atoms with E-state index in [9.17, 15) is 4.79 Å². The molecule has 0 unspecified atom stereocenters. The molecule has 6 nitrogen and oxygen atoms in total. The van der Waals surface area contributed by atoms with Crippen molar-refractivity contribution in [2.75, 3.05) is 0 Å². The van der Waals surface area contributed by atoms with Gasteiger partial charge in [0, 0.05) is 5.56 Å².